The van der Waals surface area contributed by atoms with Gasteiger partial charge in [-0.1, -0.05) is 0 Å². The normalized spacial score (nSPS) is 15.1. The molecule has 1 aliphatic heterocycles. The molecule has 14 heavy (non-hydrogen) atoms. The second kappa shape index (κ2) is 3.43. The number of hydrogen-bond donors (Lipinski definition) is 0. The van der Waals surface area contributed by atoms with E-state index in [1.165, 1.54) is 22.8 Å². The Balaban J connectivity index is 2.25. The molecule has 0 fully saturated rings. The zero-order chi connectivity index (χ0) is 10.1. The molecule has 2 heterocycles. The van der Waals surface area contributed by atoms with Crippen LogP contribution in [0.15, 0.2) is 27.5 Å². The molecule has 1 aliphatic rings. The van der Waals surface area contributed by atoms with Crippen LogP contribution in [0.1, 0.15) is 4.88 Å². The Morgan fingerprint density at radius 3 is 2.93 bits per heavy atom. The maximum atomic E-state index is 10.4. The number of rotatable bonds is 2. The van der Waals surface area contributed by atoms with Gasteiger partial charge < -0.3 is 4.74 Å². The minimum Gasteiger partial charge on any atom is -0.429 e. The molecule has 0 saturated carbocycles. The van der Waals surface area contributed by atoms with Crippen LogP contribution in [0.3, 0.4) is 0 Å². The second-order valence-corrected chi connectivity index (χ2v) is 4.12. The molecule has 5 nitrogen and oxygen atoms in total. The molecule has 0 atom stereocenters. The highest BCUT2D eigenvalue weighted by molar-refractivity contribution is 8.02. The van der Waals surface area contributed by atoms with Gasteiger partial charge in [0.2, 0.25) is 5.90 Å². The average Bonchev–Trinajstić information content (AvgIpc) is 2.70. The van der Waals surface area contributed by atoms with Crippen molar-refractivity contribution in [1.82, 2.24) is 0 Å². The van der Waals surface area contributed by atoms with Crippen LogP contribution in [-0.4, -0.2) is 10.8 Å². The lowest BCUT2D eigenvalue weighted by molar-refractivity contribution is -0.384. The van der Waals surface area contributed by atoms with E-state index in [9.17, 15) is 10.1 Å². The van der Waals surface area contributed by atoms with Crippen LogP contribution in [0.5, 0.6) is 0 Å². The first-order valence-corrected chi connectivity index (χ1v) is 5.17. The Kier molecular flexibility index (Phi) is 2.26. The Bertz CT molecular complexity index is 438. The zero-order valence-corrected chi connectivity index (χ0v) is 8.43. The maximum absolute atomic E-state index is 10.4. The molecule has 0 spiro atoms. The van der Waals surface area contributed by atoms with Crippen LogP contribution in [-0.2, 0) is 4.74 Å². The molecule has 1 aromatic heterocycles. The molecule has 0 amide bonds. The molecule has 0 aromatic carbocycles. The summed E-state index contributed by atoms with van der Waals surface area (Å²) in [6.07, 6.45) is 0. The molecule has 2 rings (SSSR count). The van der Waals surface area contributed by atoms with E-state index in [1.807, 2.05) is 0 Å². The molecule has 0 saturated heterocycles. The molecular weight excluding hydrogens is 224 g/mol. The lowest BCUT2D eigenvalue weighted by Crippen LogP contribution is -1.96. The molecule has 0 bridgehead atoms. The van der Waals surface area contributed by atoms with Gasteiger partial charge in [0.1, 0.15) is 0 Å². The number of nitro groups is 1. The third-order valence-electron chi connectivity index (χ3n) is 1.45. The van der Waals surface area contributed by atoms with Gasteiger partial charge in [0.05, 0.1) is 27.1 Å². The number of hydrogen-bond acceptors (Lipinski definition) is 6. The van der Waals surface area contributed by atoms with E-state index in [0.717, 1.165) is 11.9 Å². The van der Waals surface area contributed by atoms with Gasteiger partial charge in [-0.25, -0.2) is 0 Å². The topological polar surface area (TPSA) is 64.7 Å². The van der Waals surface area contributed by atoms with Gasteiger partial charge in [0, 0.05) is 6.07 Å². The Morgan fingerprint density at radius 1 is 1.64 bits per heavy atom. The monoisotopic (exact) mass is 228 g/mol. The van der Waals surface area contributed by atoms with E-state index >= 15 is 0 Å². The summed E-state index contributed by atoms with van der Waals surface area (Å²) in [6, 6.07) is 1.43. The van der Waals surface area contributed by atoms with E-state index in [-0.39, 0.29) is 5.69 Å². The summed E-state index contributed by atoms with van der Waals surface area (Å²) in [7, 11) is 0. The highest BCUT2D eigenvalue weighted by Gasteiger charge is 2.19. The van der Waals surface area contributed by atoms with Crippen LogP contribution < -0.4 is 0 Å². The van der Waals surface area contributed by atoms with Gasteiger partial charge >= 0.3 is 0 Å². The first-order chi connectivity index (χ1) is 6.66. The van der Waals surface area contributed by atoms with E-state index in [0.29, 0.717) is 15.9 Å². The molecule has 0 unspecified atom stereocenters. The second-order valence-electron chi connectivity index (χ2n) is 2.39. The lowest BCUT2D eigenvalue weighted by Gasteiger charge is -1.94. The quantitative estimate of drug-likeness (QED) is 0.443. The summed E-state index contributed by atoms with van der Waals surface area (Å²) in [5.74, 6) is 0.387. The smallest absolute Gasteiger partial charge is 0.280 e. The molecule has 0 N–H and O–H groups in total. The molecule has 0 aliphatic carbocycles. The summed E-state index contributed by atoms with van der Waals surface area (Å²) in [5, 5.41) is 12.3. The number of ether oxygens (including phenoxy) is 1. The van der Waals surface area contributed by atoms with Gasteiger partial charge in [-0.3, -0.25) is 10.1 Å². The summed E-state index contributed by atoms with van der Waals surface area (Å²) in [6.45, 7) is 3.57. The average molecular weight is 228 g/mol. The van der Waals surface area contributed by atoms with Crippen LogP contribution in [0, 0.1) is 10.1 Å². The minimum absolute atomic E-state index is 0.0545. The minimum atomic E-state index is -0.447. The van der Waals surface area contributed by atoms with Crippen LogP contribution in [0.25, 0.3) is 0 Å². The molecule has 0 radical (unpaired) electrons. The van der Waals surface area contributed by atoms with Crippen LogP contribution in [0.4, 0.5) is 5.69 Å². The van der Waals surface area contributed by atoms with Crippen molar-refractivity contribution in [2.75, 3.05) is 0 Å². The predicted octanol–water partition coefficient (Wildman–Crippen LogP) is 2.55. The van der Waals surface area contributed by atoms with E-state index in [2.05, 4.69) is 11.0 Å². The third-order valence-corrected chi connectivity index (χ3v) is 2.90. The standard InChI is InChI=1S/C7H4N2O3S2/c1-4-12-7(8-14-4)6-2-5(3-13-6)9(10)11/h2-3H,1H2. The Hall–Kier alpha value is -1.34. The van der Waals surface area contributed by atoms with Crippen molar-refractivity contribution in [3.8, 4) is 0 Å². The number of thiophene rings is 1. The van der Waals surface area contributed by atoms with Crippen molar-refractivity contribution in [1.29, 1.82) is 0 Å². The van der Waals surface area contributed by atoms with E-state index < -0.39 is 4.92 Å². The Morgan fingerprint density at radius 2 is 2.43 bits per heavy atom. The summed E-state index contributed by atoms with van der Waals surface area (Å²) in [4.78, 5) is 10.6. The highest BCUT2D eigenvalue weighted by Crippen LogP contribution is 2.31. The fraction of sp³-hybridized carbons (Fsp3) is 0. The van der Waals surface area contributed by atoms with Crippen molar-refractivity contribution in [3.05, 3.63) is 38.1 Å². The van der Waals surface area contributed by atoms with Crippen LogP contribution in [0.2, 0.25) is 0 Å². The van der Waals surface area contributed by atoms with Gasteiger partial charge in [-0.2, -0.15) is 4.40 Å². The van der Waals surface area contributed by atoms with Crippen molar-refractivity contribution in [3.63, 3.8) is 0 Å². The van der Waals surface area contributed by atoms with Gasteiger partial charge in [-0.05, 0) is 6.58 Å². The largest absolute Gasteiger partial charge is 0.429 e. The summed E-state index contributed by atoms with van der Waals surface area (Å²) < 4.78 is 9.11. The summed E-state index contributed by atoms with van der Waals surface area (Å²) in [5.41, 5.74) is 0.0545. The fourth-order valence-electron chi connectivity index (χ4n) is 0.867. The predicted molar refractivity (Wildman–Crippen MR) is 55.3 cm³/mol. The SMILES string of the molecule is C=C1OC(c2cc([N+](=O)[O-])cs2)=NS1. The van der Waals surface area contributed by atoms with Crippen molar-refractivity contribution < 1.29 is 9.66 Å². The van der Waals surface area contributed by atoms with Crippen molar-refractivity contribution >= 4 is 34.9 Å². The summed E-state index contributed by atoms with van der Waals surface area (Å²) >= 11 is 2.35. The molecular formula is C7H4N2O3S2. The van der Waals surface area contributed by atoms with Crippen molar-refractivity contribution in [2.24, 2.45) is 4.40 Å². The third kappa shape index (κ3) is 1.64. The lowest BCUT2D eigenvalue weighted by atomic mass is 10.4. The highest BCUT2D eigenvalue weighted by atomic mass is 32.2. The molecule has 72 valence electrons. The zero-order valence-electron chi connectivity index (χ0n) is 6.80. The van der Waals surface area contributed by atoms with Crippen molar-refractivity contribution in [2.45, 2.75) is 0 Å². The molecule has 1 aromatic rings. The van der Waals surface area contributed by atoms with Crippen LogP contribution >= 0.6 is 23.3 Å². The maximum Gasteiger partial charge on any atom is 0.280 e. The van der Waals surface area contributed by atoms with Gasteiger partial charge in [0.25, 0.3) is 5.69 Å². The Labute approximate surface area is 87.4 Å². The number of nitrogens with zero attached hydrogens (tertiary/aromatic N) is 2. The fourth-order valence-corrected chi connectivity index (χ4v) is 2.14. The van der Waals surface area contributed by atoms with E-state index in [4.69, 9.17) is 4.74 Å². The molecule has 7 heteroatoms. The van der Waals surface area contributed by atoms with Gasteiger partial charge in [0.15, 0.2) is 5.09 Å². The van der Waals surface area contributed by atoms with E-state index in [1.54, 1.807) is 0 Å². The van der Waals surface area contributed by atoms with Gasteiger partial charge in [-0.15, -0.1) is 11.3 Å². The first-order valence-electron chi connectivity index (χ1n) is 3.52. The first kappa shape index (κ1) is 9.22.